The minimum Gasteiger partial charge on any atom is -0.392 e. The van der Waals surface area contributed by atoms with Gasteiger partial charge in [-0.2, -0.15) is 0 Å². The Balaban J connectivity index is 1.63. The van der Waals surface area contributed by atoms with Crippen LogP contribution < -0.4 is 5.32 Å². The molecule has 0 saturated carbocycles. The van der Waals surface area contributed by atoms with Gasteiger partial charge in [0, 0.05) is 5.69 Å². The lowest BCUT2D eigenvalue weighted by Crippen LogP contribution is -2.14. The third-order valence-corrected chi connectivity index (χ3v) is 3.31. The zero-order valence-electron chi connectivity index (χ0n) is 12.3. The van der Waals surface area contributed by atoms with E-state index in [2.05, 4.69) is 20.8 Å². The van der Waals surface area contributed by atoms with Crippen LogP contribution in [0.3, 0.4) is 0 Å². The predicted octanol–water partition coefficient (Wildman–Crippen LogP) is 1.34. The average molecular weight is 309 g/mol. The minimum absolute atomic E-state index is 0.0533. The summed E-state index contributed by atoms with van der Waals surface area (Å²) < 4.78 is 1.55. The Kier molecular flexibility index (Phi) is 4.39. The number of aliphatic hydroxyl groups is 1. The molecule has 116 valence electrons. The number of nitrogens with zero attached hydrogens (tertiary/aromatic N) is 4. The molecule has 0 saturated heterocycles. The molecule has 3 aromatic rings. The first kappa shape index (κ1) is 14.9. The summed E-state index contributed by atoms with van der Waals surface area (Å²) in [5.41, 5.74) is 3.15. The van der Waals surface area contributed by atoms with Gasteiger partial charge < -0.3 is 10.4 Å². The van der Waals surface area contributed by atoms with Crippen LogP contribution in [-0.2, 0) is 17.8 Å². The van der Waals surface area contributed by atoms with E-state index in [-0.39, 0.29) is 18.9 Å². The molecule has 7 heteroatoms. The van der Waals surface area contributed by atoms with E-state index in [0.717, 1.165) is 16.8 Å². The molecular formula is C16H15N5O2. The quantitative estimate of drug-likeness (QED) is 0.742. The molecule has 1 heterocycles. The number of hydrogen-bond donors (Lipinski definition) is 2. The predicted molar refractivity (Wildman–Crippen MR) is 83.9 cm³/mol. The van der Waals surface area contributed by atoms with Crippen molar-refractivity contribution in [3.05, 3.63) is 66.0 Å². The molecule has 0 spiro atoms. The van der Waals surface area contributed by atoms with Gasteiger partial charge in [0.05, 0.1) is 18.7 Å². The Morgan fingerprint density at radius 1 is 1.13 bits per heavy atom. The number of carbonyl (C=O) groups excluding carboxylic acids is 1. The van der Waals surface area contributed by atoms with Crippen molar-refractivity contribution in [1.82, 2.24) is 20.2 Å². The van der Waals surface area contributed by atoms with Crippen molar-refractivity contribution < 1.29 is 9.90 Å². The first-order valence-corrected chi connectivity index (χ1v) is 7.06. The maximum absolute atomic E-state index is 12.1. The normalized spacial score (nSPS) is 10.5. The largest absolute Gasteiger partial charge is 0.392 e. The smallest absolute Gasteiger partial charge is 0.228 e. The number of aromatic nitrogens is 4. The highest BCUT2D eigenvalue weighted by Crippen LogP contribution is 2.12. The molecular weight excluding hydrogens is 294 g/mol. The van der Waals surface area contributed by atoms with E-state index in [4.69, 9.17) is 5.11 Å². The Morgan fingerprint density at radius 3 is 2.65 bits per heavy atom. The van der Waals surface area contributed by atoms with Crippen LogP contribution in [0.4, 0.5) is 5.69 Å². The maximum Gasteiger partial charge on any atom is 0.228 e. The third kappa shape index (κ3) is 3.78. The number of anilines is 1. The maximum atomic E-state index is 12.1. The van der Waals surface area contributed by atoms with E-state index in [1.165, 1.54) is 6.33 Å². The number of hydrogen-bond acceptors (Lipinski definition) is 5. The number of carbonyl (C=O) groups is 1. The average Bonchev–Trinajstić information content (AvgIpc) is 3.10. The molecule has 7 nitrogen and oxygen atoms in total. The molecule has 23 heavy (non-hydrogen) atoms. The zero-order chi connectivity index (χ0) is 16.1. The summed E-state index contributed by atoms with van der Waals surface area (Å²) in [5, 5.41) is 22.9. The molecule has 1 aromatic heterocycles. The van der Waals surface area contributed by atoms with Crippen LogP contribution >= 0.6 is 0 Å². The van der Waals surface area contributed by atoms with Crippen molar-refractivity contribution in [3.8, 4) is 5.69 Å². The summed E-state index contributed by atoms with van der Waals surface area (Å²) in [6, 6.07) is 14.6. The summed E-state index contributed by atoms with van der Waals surface area (Å²) in [4.78, 5) is 12.1. The van der Waals surface area contributed by atoms with Gasteiger partial charge in [0.1, 0.15) is 6.33 Å². The van der Waals surface area contributed by atoms with Gasteiger partial charge in [-0.25, -0.2) is 4.68 Å². The van der Waals surface area contributed by atoms with Gasteiger partial charge >= 0.3 is 0 Å². The van der Waals surface area contributed by atoms with Crippen LogP contribution in [0.1, 0.15) is 11.1 Å². The number of aliphatic hydroxyl groups excluding tert-OH is 1. The van der Waals surface area contributed by atoms with Gasteiger partial charge in [-0.3, -0.25) is 4.79 Å². The van der Waals surface area contributed by atoms with E-state index in [1.807, 2.05) is 24.3 Å². The summed E-state index contributed by atoms with van der Waals surface area (Å²) >= 11 is 0. The number of tetrazole rings is 1. The molecule has 2 aromatic carbocycles. The molecule has 0 unspecified atom stereocenters. The molecule has 0 atom stereocenters. The highest BCUT2D eigenvalue weighted by Gasteiger charge is 2.05. The summed E-state index contributed by atoms with van der Waals surface area (Å²) in [6.07, 6.45) is 1.77. The topological polar surface area (TPSA) is 92.9 Å². The lowest BCUT2D eigenvalue weighted by molar-refractivity contribution is -0.115. The third-order valence-electron chi connectivity index (χ3n) is 3.31. The van der Waals surface area contributed by atoms with Crippen LogP contribution in [0.15, 0.2) is 54.9 Å². The van der Waals surface area contributed by atoms with E-state index < -0.39 is 0 Å². The van der Waals surface area contributed by atoms with Crippen LogP contribution in [0, 0.1) is 0 Å². The Bertz CT molecular complexity index is 784. The van der Waals surface area contributed by atoms with E-state index in [9.17, 15) is 4.79 Å². The second-order valence-corrected chi connectivity index (χ2v) is 5.00. The summed E-state index contributed by atoms with van der Waals surface area (Å²) in [5.74, 6) is -0.115. The Hall–Kier alpha value is -3.06. The fourth-order valence-electron chi connectivity index (χ4n) is 2.18. The molecule has 0 radical (unpaired) electrons. The zero-order valence-corrected chi connectivity index (χ0v) is 12.3. The van der Waals surface area contributed by atoms with Gasteiger partial charge in [0.15, 0.2) is 0 Å². The van der Waals surface area contributed by atoms with Crippen LogP contribution in [0.5, 0.6) is 0 Å². The van der Waals surface area contributed by atoms with Crippen molar-refractivity contribution in [2.75, 3.05) is 5.32 Å². The molecule has 0 aliphatic heterocycles. The fraction of sp³-hybridized carbons (Fsp3) is 0.125. The van der Waals surface area contributed by atoms with Gasteiger partial charge in [-0.15, -0.1) is 5.10 Å². The minimum atomic E-state index is -0.115. The summed E-state index contributed by atoms with van der Waals surface area (Å²) in [7, 11) is 0. The van der Waals surface area contributed by atoms with Crippen LogP contribution in [0.25, 0.3) is 5.69 Å². The van der Waals surface area contributed by atoms with Crippen molar-refractivity contribution in [1.29, 1.82) is 0 Å². The fourth-order valence-corrected chi connectivity index (χ4v) is 2.18. The summed E-state index contributed by atoms with van der Waals surface area (Å²) in [6.45, 7) is -0.0533. The molecule has 1 amide bonds. The number of benzene rings is 2. The highest BCUT2D eigenvalue weighted by atomic mass is 16.3. The number of amides is 1. The van der Waals surface area contributed by atoms with Crippen LogP contribution in [-0.4, -0.2) is 31.2 Å². The van der Waals surface area contributed by atoms with Gasteiger partial charge in [0.25, 0.3) is 0 Å². The van der Waals surface area contributed by atoms with E-state index >= 15 is 0 Å². The molecule has 0 aliphatic rings. The second kappa shape index (κ2) is 6.80. The molecule has 0 aliphatic carbocycles. The molecule has 0 fully saturated rings. The SMILES string of the molecule is O=C(Cc1ccc(-n2cnnn2)cc1)Nc1cccc(CO)c1. The number of nitrogens with one attached hydrogen (secondary N) is 1. The van der Waals surface area contributed by atoms with Crippen molar-refractivity contribution in [2.24, 2.45) is 0 Å². The van der Waals surface area contributed by atoms with Crippen molar-refractivity contribution in [2.45, 2.75) is 13.0 Å². The standard InChI is InChI=1S/C16H15N5O2/c22-10-13-2-1-3-14(8-13)18-16(23)9-12-4-6-15(7-5-12)21-11-17-19-20-21/h1-8,11,22H,9-10H2,(H,18,23). The first-order chi connectivity index (χ1) is 11.2. The van der Waals surface area contributed by atoms with Crippen molar-refractivity contribution in [3.63, 3.8) is 0 Å². The molecule has 2 N–H and O–H groups in total. The van der Waals surface area contributed by atoms with E-state index in [0.29, 0.717) is 5.69 Å². The second-order valence-electron chi connectivity index (χ2n) is 5.00. The van der Waals surface area contributed by atoms with E-state index in [1.54, 1.807) is 28.9 Å². The Morgan fingerprint density at radius 2 is 1.96 bits per heavy atom. The Labute approximate surface area is 132 Å². The van der Waals surface area contributed by atoms with Gasteiger partial charge in [-0.1, -0.05) is 24.3 Å². The van der Waals surface area contributed by atoms with Gasteiger partial charge in [0.2, 0.25) is 5.91 Å². The monoisotopic (exact) mass is 309 g/mol. The molecule has 0 bridgehead atoms. The van der Waals surface area contributed by atoms with Crippen LogP contribution in [0.2, 0.25) is 0 Å². The first-order valence-electron chi connectivity index (χ1n) is 7.06. The molecule has 3 rings (SSSR count). The highest BCUT2D eigenvalue weighted by molar-refractivity contribution is 5.92. The lowest BCUT2D eigenvalue weighted by Gasteiger charge is -2.07. The number of rotatable bonds is 5. The van der Waals surface area contributed by atoms with Gasteiger partial charge in [-0.05, 0) is 45.8 Å². The van der Waals surface area contributed by atoms with Crippen molar-refractivity contribution >= 4 is 11.6 Å². The lowest BCUT2D eigenvalue weighted by atomic mass is 10.1.